The third-order valence-electron chi connectivity index (χ3n) is 6.35. The normalized spacial score (nSPS) is 11.8. The monoisotopic (exact) mass is 528 g/mol. The number of hydrogen-bond acceptors (Lipinski definition) is 6. The standard InChI is InChI=1S/C30H32N4O5/c1-18-15-21(11-12-22(18)28(35)33-39-14-8-13-34(3)4)31-27(20-9-6-5-7-10-20)26-24-16-19(2)23(30(37)38)17-25(24)32-29(26)36/h5-7,9-12,15-17,32,36H,8,13-14H2,1-4H3,(H,33,35)(H,37,38). The summed E-state index contributed by atoms with van der Waals surface area (Å²) in [7, 11) is 3.95. The molecule has 4 N–H and O–H groups in total. The van der Waals surface area contributed by atoms with Crippen molar-refractivity contribution in [1.29, 1.82) is 0 Å². The first-order valence-electron chi connectivity index (χ1n) is 12.6. The van der Waals surface area contributed by atoms with Gasteiger partial charge in [-0.05, 0) is 82.4 Å². The van der Waals surface area contributed by atoms with Crippen LogP contribution in [0.1, 0.15) is 49.4 Å². The second-order valence-corrected chi connectivity index (χ2v) is 9.63. The quantitative estimate of drug-likeness (QED) is 0.131. The van der Waals surface area contributed by atoms with E-state index in [1.807, 2.05) is 56.3 Å². The molecule has 0 radical (unpaired) electrons. The third kappa shape index (κ3) is 6.34. The zero-order chi connectivity index (χ0) is 28.1. The molecule has 0 atom stereocenters. The van der Waals surface area contributed by atoms with Crippen molar-refractivity contribution in [3.05, 3.63) is 94.0 Å². The number of carboxylic acids is 1. The first-order valence-corrected chi connectivity index (χ1v) is 12.6. The van der Waals surface area contributed by atoms with E-state index in [2.05, 4.69) is 10.5 Å². The number of aryl methyl sites for hydroxylation is 2. The molecule has 0 fully saturated rings. The number of aromatic nitrogens is 1. The zero-order valence-electron chi connectivity index (χ0n) is 22.4. The fourth-order valence-corrected chi connectivity index (χ4v) is 4.39. The highest BCUT2D eigenvalue weighted by Crippen LogP contribution is 2.33. The number of aliphatic imine (C=N–C) groups is 1. The van der Waals surface area contributed by atoms with Crippen LogP contribution in [0.2, 0.25) is 0 Å². The number of hydrogen-bond donors (Lipinski definition) is 4. The molecule has 0 aliphatic heterocycles. The van der Waals surface area contributed by atoms with Crippen molar-refractivity contribution in [2.45, 2.75) is 20.3 Å². The molecular formula is C30H32N4O5. The second-order valence-electron chi connectivity index (χ2n) is 9.63. The summed E-state index contributed by atoms with van der Waals surface area (Å²) in [4.78, 5) is 39.4. The highest BCUT2D eigenvalue weighted by atomic mass is 16.6. The van der Waals surface area contributed by atoms with Gasteiger partial charge in [0, 0.05) is 22.0 Å². The van der Waals surface area contributed by atoms with Crippen LogP contribution in [0.25, 0.3) is 10.9 Å². The van der Waals surface area contributed by atoms with Gasteiger partial charge in [0.25, 0.3) is 5.91 Å². The van der Waals surface area contributed by atoms with Crippen LogP contribution in [-0.2, 0) is 4.84 Å². The van der Waals surface area contributed by atoms with Crippen molar-refractivity contribution >= 4 is 34.2 Å². The van der Waals surface area contributed by atoms with E-state index in [4.69, 9.17) is 9.83 Å². The van der Waals surface area contributed by atoms with E-state index in [0.29, 0.717) is 51.2 Å². The van der Waals surface area contributed by atoms with Crippen molar-refractivity contribution in [3.8, 4) is 5.88 Å². The van der Waals surface area contributed by atoms with Crippen LogP contribution in [0.5, 0.6) is 5.88 Å². The number of H-pyrrole nitrogens is 1. The molecule has 0 saturated carbocycles. The second kappa shape index (κ2) is 11.9. The number of amides is 1. The average molecular weight is 529 g/mol. The van der Waals surface area contributed by atoms with Crippen LogP contribution in [0.4, 0.5) is 5.69 Å². The lowest BCUT2D eigenvalue weighted by molar-refractivity contribution is 0.0288. The Labute approximate surface area is 226 Å². The van der Waals surface area contributed by atoms with Gasteiger partial charge in [-0.25, -0.2) is 15.3 Å². The third-order valence-corrected chi connectivity index (χ3v) is 6.35. The topological polar surface area (TPSA) is 127 Å². The Balaban J connectivity index is 1.70. The highest BCUT2D eigenvalue weighted by Gasteiger charge is 2.21. The highest BCUT2D eigenvalue weighted by molar-refractivity contribution is 6.22. The number of carbonyl (C=O) groups excluding carboxylic acids is 1. The Hall–Kier alpha value is -4.47. The number of aromatic carboxylic acids is 1. The van der Waals surface area contributed by atoms with E-state index in [1.165, 1.54) is 6.07 Å². The number of rotatable bonds is 10. The number of nitrogens with zero attached hydrogens (tertiary/aromatic N) is 2. The fourth-order valence-electron chi connectivity index (χ4n) is 4.39. The molecule has 9 heteroatoms. The molecule has 3 aromatic carbocycles. The molecular weight excluding hydrogens is 496 g/mol. The lowest BCUT2D eigenvalue weighted by Crippen LogP contribution is -2.26. The summed E-state index contributed by atoms with van der Waals surface area (Å²) < 4.78 is 0. The van der Waals surface area contributed by atoms with E-state index in [1.54, 1.807) is 31.2 Å². The number of benzene rings is 3. The Morgan fingerprint density at radius 1 is 1.00 bits per heavy atom. The van der Waals surface area contributed by atoms with E-state index in [9.17, 15) is 19.8 Å². The van der Waals surface area contributed by atoms with Gasteiger partial charge in [0.1, 0.15) is 0 Å². The first kappa shape index (κ1) is 27.6. The molecule has 9 nitrogen and oxygen atoms in total. The molecule has 0 spiro atoms. The van der Waals surface area contributed by atoms with Gasteiger partial charge in [0.2, 0.25) is 0 Å². The summed E-state index contributed by atoms with van der Waals surface area (Å²) in [5, 5.41) is 21.1. The molecule has 1 heterocycles. The van der Waals surface area contributed by atoms with Crippen LogP contribution in [0.3, 0.4) is 0 Å². The Kier molecular flexibility index (Phi) is 8.43. The van der Waals surface area contributed by atoms with Crippen molar-refractivity contribution in [3.63, 3.8) is 0 Å². The largest absolute Gasteiger partial charge is 0.494 e. The number of carboxylic acid groups (broad SMARTS) is 1. The van der Waals surface area contributed by atoms with Crippen LogP contribution < -0.4 is 5.48 Å². The summed E-state index contributed by atoms with van der Waals surface area (Å²) in [6.07, 6.45) is 0.792. The van der Waals surface area contributed by atoms with Gasteiger partial charge in [-0.15, -0.1) is 0 Å². The fraction of sp³-hybridized carbons (Fsp3) is 0.233. The lowest BCUT2D eigenvalue weighted by Gasteiger charge is -2.11. The SMILES string of the molecule is Cc1cc2c(C(=Nc3ccc(C(=O)NOCCCN(C)C)c(C)c3)c3ccccc3)c(O)[nH]c2cc1C(=O)O. The molecule has 4 aromatic rings. The molecule has 202 valence electrons. The molecule has 0 aliphatic carbocycles. The molecule has 0 bridgehead atoms. The molecule has 39 heavy (non-hydrogen) atoms. The maximum Gasteiger partial charge on any atom is 0.336 e. The molecule has 1 aromatic heterocycles. The average Bonchev–Trinajstić information content (AvgIpc) is 3.21. The first-order chi connectivity index (χ1) is 18.7. The van der Waals surface area contributed by atoms with E-state index < -0.39 is 5.97 Å². The number of hydroxylamine groups is 1. The maximum atomic E-state index is 12.6. The smallest absolute Gasteiger partial charge is 0.336 e. The van der Waals surface area contributed by atoms with Gasteiger partial charge in [0.05, 0.1) is 29.1 Å². The van der Waals surface area contributed by atoms with Crippen molar-refractivity contribution < 1.29 is 24.6 Å². The summed E-state index contributed by atoms with van der Waals surface area (Å²) >= 11 is 0. The van der Waals surface area contributed by atoms with Gasteiger partial charge in [-0.1, -0.05) is 30.3 Å². The predicted molar refractivity (Wildman–Crippen MR) is 151 cm³/mol. The minimum Gasteiger partial charge on any atom is -0.494 e. The van der Waals surface area contributed by atoms with E-state index in [0.717, 1.165) is 18.5 Å². The molecule has 0 unspecified atom stereocenters. The summed E-state index contributed by atoms with van der Waals surface area (Å²) in [5.74, 6) is -1.50. The van der Waals surface area contributed by atoms with Crippen LogP contribution in [0, 0.1) is 13.8 Å². The number of aromatic amines is 1. The Morgan fingerprint density at radius 2 is 1.72 bits per heavy atom. The number of fused-ring (bicyclic) bond motifs is 1. The van der Waals surface area contributed by atoms with Crippen LogP contribution >= 0.6 is 0 Å². The summed E-state index contributed by atoms with van der Waals surface area (Å²) in [6, 6.07) is 17.9. The number of carbonyl (C=O) groups is 2. The summed E-state index contributed by atoms with van der Waals surface area (Å²) in [6.45, 7) is 4.81. The van der Waals surface area contributed by atoms with Crippen molar-refractivity contribution in [2.75, 3.05) is 27.2 Å². The van der Waals surface area contributed by atoms with Crippen molar-refractivity contribution in [1.82, 2.24) is 15.4 Å². The molecule has 4 rings (SSSR count). The van der Waals surface area contributed by atoms with Gasteiger partial charge in [0.15, 0.2) is 5.88 Å². The van der Waals surface area contributed by atoms with Gasteiger partial charge >= 0.3 is 5.97 Å². The maximum absolute atomic E-state index is 12.6. The molecule has 0 saturated heterocycles. The minimum atomic E-state index is -1.04. The van der Waals surface area contributed by atoms with Crippen LogP contribution in [-0.4, -0.2) is 64.9 Å². The predicted octanol–water partition coefficient (Wildman–Crippen LogP) is 4.97. The zero-order valence-corrected chi connectivity index (χ0v) is 22.4. The van der Waals surface area contributed by atoms with Gasteiger partial charge in [-0.2, -0.15) is 0 Å². The van der Waals surface area contributed by atoms with Gasteiger partial charge < -0.3 is 20.1 Å². The van der Waals surface area contributed by atoms with E-state index >= 15 is 0 Å². The molecule has 1 amide bonds. The number of nitrogens with one attached hydrogen (secondary N) is 2. The van der Waals surface area contributed by atoms with Crippen molar-refractivity contribution in [2.24, 2.45) is 4.99 Å². The van der Waals surface area contributed by atoms with Gasteiger partial charge in [-0.3, -0.25) is 9.63 Å². The minimum absolute atomic E-state index is 0.117. The van der Waals surface area contributed by atoms with E-state index in [-0.39, 0.29) is 17.4 Å². The molecule has 0 aliphatic rings. The number of aromatic hydroxyl groups is 1. The summed E-state index contributed by atoms with van der Waals surface area (Å²) in [5.41, 5.74) is 7.19. The lowest BCUT2D eigenvalue weighted by atomic mass is 9.98. The Bertz CT molecular complexity index is 1540. The Morgan fingerprint density at radius 3 is 2.38 bits per heavy atom. The van der Waals surface area contributed by atoms with Crippen LogP contribution in [0.15, 0.2) is 65.7 Å².